The van der Waals surface area contributed by atoms with E-state index >= 15 is 0 Å². The Morgan fingerprint density at radius 3 is 2.86 bits per heavy atom. The van der Waals surface area contributed by atoms with E-state index in [1.807, 2.05) is 0 Å². The first kappa shape index (κ1) is 14.1. The number of likely N-dealkylation sites (N-methyl/N-ethyl adjacent to an activating group) is 1. The second-order valence-corrected chi connectivity index (χ2v) is 6.13. The second-order valence-electron chi connectivity index (χ2n) is 6.13. The van der Waals surface area contributed by atoms with E-state index < -0.39 is 0 Å². The topological polar surface area (TPSA) is 28.2 Å². The van der Waals surface area contributed by atoms with Crippen LogP contribution in [0.5, 0.6) is 0 Å². The summed E-state index contributed by atoms with van der Waals surface area (Å²) >= 11 is 0. The number of nitrogens with one attached hydrogen (secondary N) is 1. The zero-order valence-electron chi connectivity index (χ0n) is 12.9. The first-order valence-corrected chi connectivity index (χ1v) is 7.61. The van der Waals surface area contributed by atoms with Gasteiger partial charge >= 0.3 is 0 Å². The molecule has 3 heteroatoms. The van der Waals surface area contributed by atoms with Crippen LogP contribution in [0.15, 0.2) is 42.5 Å². The highest BCUT2D eigenvalue weighted by Gasteiger charge is 2.20. The Morgan fingerprint density at radius 2 is 2.14 bits per heavy atom. The van der Waals surface area contributed by atoms with Crippen molar-refractivity contribution in [2.45, 2.75) is 32.4 Å². The van der Waals surface area contributed by atoms with Gasteiger partial charge in [0.15, 0.2) is 0 Å². The normalized spacial score (nSPS) is 14.4. The maximum absolute atomic E-state index is 4.88. The molecule has 0 amide bonds. The smallest absolute Gasteiger partial charge is 0.136 e. The van der Waals surface area contributed by atoms with Crippen molar-refractivity contribution < 1.29 is 0 Å². The first-order chi connectivity index (χ1) is 10.1. The number of fused-ring (bicyclic) bond motifs is 1. The number of benzene rings is 1. The number of nitrogens with zero attached hydrogens (tertiary/aromatic N) is 2. The molecular weight excluding hydrogens is 258 g/mol. The zero-order chi connectivity index (χ0) is 14.8. The summed E-state index contributed by atoms with van der Waals surface area (Å²) in [7, 11) is 2.08. The van der Waals surface area contributed by atoms with Gasteiger partial charge in [0.1, 0.15) is 5.82 Å². The van der Waals surface area contributed by atoms with Gasteiger partial charge in [0.05, 0.1) is 5.69 Å². The number of hydrogen-bond donors (Lipinski definition) is 1. The summed E-state index contributed by atoms with van der Waals surface area (Å²) in [6.07, 6.45) is 2.60. The fourth-order valence-electron chi connectivity index (χ4n) is 2.63. The van der Waals surface area contributed by atoms with Gasteiger partial charge in [0, 0.05) is 31.6 Å². The SMILES string of the molecule is C=C(C)CN(C)c1nc(CNC2CC2)cc2ccccc12. The van der Waals surface area contributed by atoms with Crippen LogP contribution >= 0.6 is 0 Å². The Morgan fingerprint density at radius 1 is 1.38 bits per heavy atom. The van der Waals surface area contributed by atoms with Crippen molar-refractivity contribution in [3.63, 3.8) is 0 Å². The van der Waals surface area contributed by atoms with Gasteiger partial charge in [0.25, 0.3) is 0 Å². The first-order valence-electron chi connectivity index (χ1n) is 7.61. The van der Waals surface area contributed by atoms with Crippen LogP contribution in [-0.4, -0.2) is 24.6 Å². The highest BCUT2D eigenvalue weighted by Crippen LogP contribution is 2.26. The van der Waals surface area contributed by atoms with Crippen LogP contribution in [-0.2, 0) is 6.54 Å². The molecule has 1 aromatic carbocycles. The van der Waals surface area contributed by atoms with Gasteiger partial charge in [-0.15, -0.1) is 0 Å². The summed E-state index contributed by atoms with van der Waals surface area (Å²) in [5.41, 5.74) is 2.26. The molecular formula is C18H23N3. The van der Waals surface area contributed by atoms with Crippen LogP contribution < -0.4 is 10.2 Å². The molecule has 21 heavy (non-hydrogen) atoms. The van der Waals surface area contributed by atoms with Gasteiger partial charge in [-0.2, -0.15) is 0 Å². The van der Waals surface area contributed by atoms with Gasteiger partial charge in [-0.1, -0.05) is 36.4 Å². The minimum Gasteiger partial charge on any atom is -0.355 e. The molecule has 1 aliphatic carbocycles. The van der Waals surface area contributed by atoms with E-state index in [0.29, 0.717) is 6.04 Å². The van der Waals surface area contributed by atoms with E-state index in [0.717, 1.165) is 30.2 Å². The van der Waals surface area contributed by atoms with E-state index in [2.05, 4.69) is 61.1 Å². The third-order valence-electron chi connectivity index (χ3n) is 3.79. The molecule has 0 atom stereocenters. The van der Waals surface area contributed by atoms with Crippen LogP contribution in [0.3, 0.4) is 0 Å². The largest absolute Gasteiger partial charge is 0.355 e. The summed E-state index contributed by atoms with van der Waals surface area (Å²) in [5, 5.41) is 6.00. The molecule has 1 aromatic heterocycles. The predicted molar refractivity (Wildman–Crippen MR) is 89.7 cm³/mol. The summed E-state index contributed by atoms with van der Waals surface area (Å²) in [4.78, 5) is 7.06. The summed E-state index contributed by atoms with van der Waals surface area (Å²) in [5.74, 6) is 1.05. The predicted octanol–water partition coefficient (Wildman–Crippen LogP) is 3.50. The van der Waals surface area contributed by atoms with Gasteiger partial charge in [-0.05, 0) is 31.2 Å². The molecule has 1 aliphatic rings. The van der Waals surface area contributed by atoms with Crippen LogP contribution in [0.1, 0.15) is 25.5 Å². The molecule has 110 valence electrons. The molecule has 0 saturated heterocycles. The van der Waals surface area contributed by atoms with Gasteiger partial charge in [-0.25, -0.2) is 4.98 Å². The van der Waals surface area contributed by atoms with E-state index in [4.69, 9.17) is 4.98 Å². The van der Waals surface area contributed by atoms with E-state index in [-0.39, 0.29) is 0 Å². The Hall–Kier alpha value is -1.87. The van der Waals surface area contributed by atoms with Crippen molar-refractivity contribution in [3.8, 4) is 0 Å². The molecule has 0 spiro atoms. The monoisotopic (exact) mass is 281 g/mol. The van der Waals surface area contributed by atoms with Crippen LogP contribution in [0.25, 0.3) is 10.8 Å². The second kappa shape index (κ2) is 5.86. The minimum absolute atomic E-state index is 0.704. The molecule has 1 fully saturated rings. The molecule has 1 N–H and O–H groups in total. The van der Waals surface area contributed by atoms with Crippen LogP contribution in [0.2, 0.25) is 0 Å². The highest BCUT2D eigenvalue weighted by atomic mass is 15.2. The van der Waals surface area contributed by atoms with E-state index in [9.17, 15) is 0 Å². The zero-order valence-corrected chi connectivity index (χ0v) is 12.9. The van der Waals surface area contributed by atoms with E-state index in [1.54, 1.807) is 0 Å². The van der Waals surface area contributed by atoms with Crippen molar-refractivity contribution in [1.29, 1.82) is 0 Å². The summed E-state index contributed by atoms with van der Waals surface area (Å²) in [6.45, 7) is 7.74. The average molecular weight is 281 g/mol. The average Bonchev–Trinajstić information content (AvgIpc) is 3.27. The summed E-state index contributed by atoms with van der Waals surface area (Å²) < 4.78 is 0. The molecule has 3 rings (SSSR count). The number of rotatable bonds is 6. The molecule has 0 unspecified atom stereocenters. The Balaban J connectivity index is 1.95. The molecule has 3 nitrogen and oxygen atoms in total. The molecule has 0 aliphatic heterocycles. The molecule has 0 bridgehead atoms. The molecule has 0 radical (unpaired) electrons. The molecule has 1 saturated carbocycles. The van der Waals surface area contributed by atoms with Crippen LogP contribution in [0, 0.1) is 0 Å². The van der Waals surface area contributed by atoms with Crippen molar-refractivity contribution >= 4 is 16.6 Å². The fourth-order valence-corrected chi connectivity index (χ4v) is 2.63. The van der Waals surface area contributed by atoms with Crippen molar-refractivity contribution in [1.82, 2.24) is 10.3 Å². The number of hydrogen-bond acceptors (Lipinski definition) is 3. The lowest BCUT2D eigenvalue weighted by Gasteiger charge is -2.21. The maximum Gasteiger partial charge on any atom is 0.136 e. The van der Waals surface area contributed by atoms with Crippen molar-refractivity contribution in [2.75, 3.05) is 18.5 Å². The quantitative estimate of drug-likeness (QED) is 0.821. The van der Waals surface area contributed by atoms with E-state index in [1.165, 1.54) is 23.6 Å². The standard InChI is InChI=1S/C18H23N3/c1-13(2)12-21(3)18-17-7-5-4-6-14(17)10-16(20-18)11-19-15-8-9-15/h4-7,10,15,19H,1,8-9,11-12H2,2-3H3. The van der Waals surface area contributed by atoms with Gasteiger partial charge in [0.2, 0.25) is 0 Å². The highest BCUT2D eigenvalue weighted by molar-refractivity contribution is 5.92. The lowest BCUT2D eigenvalue weighted by Crippen LogP contribution is -2.22. The third-order valence-corrected chi connectivity index (χ3v) is 3.79. The maximum atomic E-state index is 4.88. The number of anilines is 1. The molecule has 2 aromatic rings. The van der Waals surface area contributed by atoms with Crippen LogP contribution in [0.4, 0.5) is 5.82 Å². The van der Waals surface area contributed by atoms with Crippen molar-refractivity contribution in [2.24, 2.45) is 0 Å². The number of aromatic nitrogens is 1. The lowest BCUT2D eigenvalue weighted by atomic mass is 10.1. The Labute approximate surface area is 126 Å². The number of pyridine rings is 1. The van der Waals surface area contributed by atoms with Gasteiger partial charge in [-0.3, -0.25) is 0 Å². The van der Waals surface area contributed by atoms with Crippen molar-refractivity contribution in [3.05, 3.63) is 48.2 Å². The fraction of sp³-hybridized carbons (Fsp3) is 0.389. The minimum atomic E-state index is 0.704. The third kappa shape index (κ3) is 3.42. The summed E-state index contributed by atoms with van der Waals surface area (Å²) in [6, 6.07) is 11.4. The Kier molecular flexibility index (Phi) is 3.93. The molecule has 1 heterocycles. The van der Waals surface area contributed by atoms with Gasteiger partial charge < -0.3 is 10.2 Å². The Bertz CT molecular complexity index is 659. The lowest BCUT2D eigenvalue weighted by molar-refractivity contribution is 0.675.